The molecule has 94 valence electrons. The van der Waals surface area contributed by atoms with E-state index in [0.29, 0.717) is 11.3 Å². The van der Waals surface area contributed by atoms with Gasteiger partial charge in [0.15, 0.2) is 23.0 Å². The summed E-state index contributed by atoms with van der Waals surface area (Å²) in [6.07, 6.45) is 1.18. The minimum Gasteiger partial charge on any atom is -0.493 e. The highest BCUT2D eigenvalue weighted by Gasteiger charge is 2.31. The predicted molar refractivity (Wildman–Crippen MR) is 63.3 cm³/mol. The van der Waals surface area contributed by atoms with Crippen molar-refractivity contribution < 1.29 is 23.8 Å². The number of benzene rings is 1. The molecule has 0 saturated heterocycles. The van der Waals surface area contributed by atoms with Gasteiger partial charge in [-0.2, -0.15) is 0 Å². The molecule has 0 heterocycles. The highest BCUT2D eigenvalue weighted by Crippen LogP contribution is 2.37. The molecule has 0 amide bonds. The van der Waals surface area contributed by atoms with Crippen LogP contribution >= 0.6 is 0 Å². The Morgan fingerprint density at radius 3 is 2.22 bits per heavy atom. The number of ether oxygens (including phenoxy) is 3. The molecule has 5 nitrogen and oxygen atoms in total. The molecule has 1 aliphatic rings. The van der Waals surface area contributed by atoms with Crippen LogP contribution in [0.2, 0.25) is 0 Å². The summed E-state index contributed by atoms with van der Waals surface area (Å²) < 4.78 is 15.2. The summed E-state index contributed by atoms with van der Waals surface area (Å²) in [5.41, 5.74) is 0.472. The van der Waals surface area contributed by atoms with E-state index in [1.165, 1.54) is 27.4 Å². The van der Waals surface area contributed by atoms with Crippen LogP contribution in [0.1, 0.15) is 20.7 Å². The van der Waals surface area contributed by atoms with Gasteiger partial charge >= 0.3 is 0 Å². The van der Waals surface area contributed by atoms with E-state index >= 15 is 0 Å². The number of hydrogen-bond acceptors (Lipinski definition) is 5. The van der Waals surface area contributed by atoms with Crippen LogP contribution < -0.4 is 9.47 Å². The summed E-state index contributed by atoms with van der Waals surface area (Å²) in [5, 5.41) is 0. The van der Waals surface area contributed by atoms with E-state index in [1.54, 1.807) is 12.1 Å². The standard InChI is InChI=1S/C13H12O5/c1-16-9-5-4-7-8(14)6-10(17-2)12(15)11(7)13(9)18-3/h4-6H,1-3H3. The summed E-state index contributed by atoms with van der Waals surface area (Å²) in [4.78, 5) is 24.0. The van der Waals surface area contributed by atoms with Gasteiger partial charge in [0.1, 0.15) is 0 Å². The van der Waals surface area contributed by atoms with Crippen molar-refractivity contribution in [2.75, 3.05) is 21.3 Å². The van der Waals surface area contributed by atoms with Gasteiger partial charge in [-0.3, -0.25) is 9.59 Å². The van der Waals surface area contributed by atoms with Crippen molar-refractivity contribution >= 4 is 11.6 Å². The molecule has 0 N–H and O–H groups in total. The number of carbonyl (C=O) groups is 2. The summed E-state index contributed by atoms with van der Waals surface area (Å²) in [7, 11) is 4.22. The fraction of sp³-hybridized carbons (Fsp3) is 0.231. The van der Waals surface area contributed by atoms with Crippen molar-refractivity contribution in [2.24, 2.45) is 0 Å². The smallest absolute Gasteiger partial charge is 0.232 e. The molecule has 0 bridgehead atoms. The molecule has 0 spiro atoms. The van der Waals surface area contributed by atoms with Gasteiger partial charge in [-0.1, -0.05) is 0 Å². The van der Waals surface area contributed by atoms with Crippen molar-refractivity contribution in [1.29, 1.82) is 0 Å². The lowest BCUT2D eigenvalue weighted by Gasteiger charge is -2.18. The second-order valence-electron chi connectivity index (χ2n) is 3.63. The number of carbonyl (C=O) groups excluding carboxylic acids is 2. The fourth-order valence-electron chi connectivity index (χ4n) is 1.89. The number of ketones is 2. The third-order valence-corrected chi connectivity index (χ3v) is 2.74. The first kappa shape index (κ1) is 12.2. The average molecular weight is 248 g/mol. The zero-order valence-corrected chi connectivity index (χ0v) is 10.3. The SMILES string of the molecule is COC1=CC(=O)c2ccc(OC)c(OC)c2C1=O. The normalized spacial score (nSPS) is 13.8. The third kappa shape index (κ3) is 1.64. The number of allylic oxidation sites excluding steroid dienone is 2. The highest BCUT2D eigenvalue weighted by molar-refractivity contribution is 6.25. The van der Waals surface area contributed by atoms with Gasteiger partial charge in [0.25, 0.3) is 0 Å². The molecule has 0 aliphatic heterocycles. The quantitative estimate of drug-likeness (QED) is 0.813. The first-order chi connectivity index (χ1) is 8.63. The van der Waals surface area contributed by atoms with Crippen molar-refractivity contribution in [3.63, 3.8) is 0 Å². The molecule has 5 heteroatoms. The number of rotatable bonds is 3. The van der Waals surface area contributed by atoms with Crippen LogP contribution in [-0.2, 0) is 4.74 Å². The van der Waals surface area contributed by atoms with Crippen molar-refractivity contribution in [1.82, 2.24) is 0 Å². The lowest BCUT2D eigenvalue weighted by atomic mass is 9.92. The summed E-state index contributed by atoms with van der Waals surface area (Å²) in [6.45, 7) is 0. The molecule has 1 aliphatic carbocycles. The number of methoxy groups -OCH3 is 3. The van der Waals surface area contributed by atoms with E-state index in [4.69, 9.17) is 14.2 Å². The first-order valence-corrected chi connectivity index (χ1v) is 5.23. The van der Waals surface area contributed by atoms with Crippen molar-refractivity contribution in [3.05, 3.63) is 35.1 Å². The summed E-state index contributed by atoms with van der Waals surface area (Å²) in [5.74, 6) is -0.0324. The molecule has 18 heavy (non-hydrogen) atoms. The Balaban J connectivity index is 2.71. The van der Waals surface area contributed by atoms with Crippen LogP contribution in [0.15, 0.2) is 24.0 Å². The summed E-state index contributed by atoms with van der Waals surface area (Å²) in [6, 6.07) is 3.13. The maximum atomic E-state index is 12.2. The predicted octanol–water partition coefficient (Wildman–Crippen LogP) is 1.61. The van der Waals surface area contributed by atoms with Crippen LogP contribution in [0.3, 0.4) is 0 Å². The molecule has 0 saturated carbocycles. The Morgan fingerprint density at radius 2 is 1.67 bits per heavy atom. The maximum Gasteiger partial charge on any atom is 0.232 e. The van der Waals surface area contributed by atoms with Crippen LogP contribution in [-0.4, -0.2) is 32.9 Å². The zero-order valence-electron chi connectivity index (χ0n) is 10.3. The number of Topliss-reactive ketones (excluding diaryl/α,β-unsaturated/α-hetero) is 1. The van der Waals surface area contributed by atoms with Gasteiger partial charge < -0.3 is 14.2 Å². The van der Waals surface area contributed by atoms with Crippen molar-refractivity contribution in [3.8, 4) is 11.5 Å². The molecule has 0 atom stereocenters. The monoisotopic (exact) mass is 248 g/mol. The van der Waals surface area contributed by atoms with Crippen LogP contribution in [0.25, 0.3) is 0 Å². The molecule has 2 rings (SSSR count). The fourth-order valence-corrected chi connectivity index (χ4v) is 1.89. The Hall–Kier alpha value is -2.30. The first-order valence-electron chi connectivity index (χ1n) is 5.23. The minimum absolute atomic E-state index is 0.000877. The molecule has 0 unspecified atom stereocenters. The van der Waals surface area contributed by atoms with E-state index in [2.05, 4.69) is 0 Å². The summed E-state index contributed by atoms with van der Waals surface area (Å²) >= 11 is 0. The Kier molecular flexibility index (Phi) is 3.06. The maximum absolute atomic E-state index is 12.2. The van der Waals surface area contributed by atoms with Crippen molar-refractivity contribution in [2.45, 2.75) is 0 Å². The van der Waals surface area contributed by atoms with E-state index in [0.717, 1.165) is 0 Å². The molecule has 1 aromatic rings. The lowest BCUT2D eigenvalue weighted by Crippen LogP contribution is -2.19. The third-order valence-electron chi connectivity index (χ3n) is 2.74. The second-order valence-corrected chi connectivity index (χ2v) is 3.63. The Morgan fingerprint density at radius 1 is 0.944 bits per heavy atom. The Labute approximate surface area is 104 Å². The minimum atomic E-state index is -0.386. The van der Waals surface area contributed by atoms with Gasteiger partial charge in [-0.25, -0.2) is 0 Å². The molecular formula is C13H12O5. The average Bonchev–Trinajstić information content (AvgIpc) is 2.40. The highest BCUT2D eigenvalue weighted by atomic mass is 16.5. The van der Waals surface area contributed by atoms with Crippen LogP contribution in [0.4, 0.5) is 0 Å². The van der Waals surface area contributed by atoms with Gasteiger partial charge in [0.05, 0.1) is 26.9 Å². The van der Waals surface area contributed by atoms with E-state index in [-0.39, 0.29) is 28.6 Å². The second kappa shape index (κ2) is 4.52. The molecule has 0 fully saturated rings. The molecule has 0 aromatic heterocycles. The zero-order chi connectivity index (χ0) is 13.3. The largest absolute Gasteiger partial charge is 0.493 e. The lowest BCUT2D eigenvalue weighted by molar-refractivity contribution is 0.0913. The van der Waals surface area contributed by atoms with Gasteiger partial charge in [-0.15, -0.1) is 0 Å². The molecule has 0 radical (unpaired) electrons. The van der Waals surface area contributed by atoms with E-state index < -0.39 is 0 Å². The van der Waals surface area contributed by atoms with Gasteiger partial charge in [0, 0.05) is 11.6 Å². The molecular weight excluding hydrogens is 236 g/mol. The van der Waals surface area contributed by atoms with Gasteiger partial charge in [-0.05, 0) is 12.1 Å². The number of fused-ring (bicyclic) bond motifs is 1. The topological polar surface area (TPSA) is 61.8 Å². The van der Waals surface area contributed by atoms with E-state index in [1.807, 2.05) is 0 Å². The van der Waals surface area contributed by atoms with E-state index in [9.17, 15) is 9.59 Å². The van der Waals surface area contributed by atoms with Crippen LogP contribution in [0.5, 0.6) is 11.5 Å². The van der Waals surface area contributed by atoms with Crippen LogP contribution in [0, 0.1) is 0 Å². The molecule has 1 aromatic carbocycles. The Bertz CT molecular complexity index is 557. The number of hydrogen-bond donors (Lipinski definition) is 0. The van der Waals surface area contributed by atoms with Gasteiger partial charge in [0.2, 0.25) is 5.78 Å².